The molecule has 1 aliphatic heterocycles. The van der Waals surface area contributed by atoms with Crippen LogP contribution in [0.15, 0.2) is 18.2 Å². The number of nitrogens with one attached hydrogen (secondary N) is 1. The van der Waals surface area contributed by atoms with Gasteiger partial charge in [-0.3, -0.25) is 4.90 Å². The van der Waals surface area contributed by atoms with E-state index in [0.29, 0.717) is 24.2 Å². The Balaban J connectivity index is 0.00000200. The Morgan fingerprint density at radius 3 is 2.60 bits per heavy atom. The van der Waals surface area contributed by atoms with Crippen LogP contribution in [0.5, 0.6) is 0 Å². The zero-order chi connectivity index (χ0) is 14.0. The molecule has 7 heteroatoms. The Hall–Kier alpha value is -0.850. The van der Waals surface area contributed by atoms with Crippen LogP contribution in [-0.4, -0.2) is 30.6 Å². The van der Waals surface area contributed by atoms with E-state index in [1.165, 1.54) is 6.07 Å². The Morgan fingerprint density at radius 2 is 2.00 bits per heavy atom. The van der Waals surface area contributed by atoms with E-state index in [0.717, 1.165) is 25.7 Å². The van der Waals surface area contributed by atoms with Crippen LogP contribution in [0.1, 0.15) is 18.1 Å². The first-order chi connectivity index (χ1) is 8.84. The summed E-state index contributed by atoms with van der Waals surface area (Å²) in [5.74, 6) is -0.840. The molecule has 1 fully saturated rings. The summed E-state index contributed by atoms with van der Waals surface area (Å²) in [6.07, 6.45) is -4.51. The van der Waals surface area contributed by atoms with Gasteiger partial charge in [0.15, 0.2) is 0 Å². The number of hydrogen-bond donors (Lipinski definition) is 1. The van der Waals surface area contributed by atoms with Crippen molar-refractivity contribution < 1.29 is 17.6 Å². The van der Waals surface area contributed by atoms with Gasteiger partial charge in [0, 0.05) is 32.2 Å². The molecule has 1 aromatic rings. The topological polar surface area (TPSA) is 15.3 Å². The zero-order valence-electron chi connectivity index (χ0n) is 11.0. The molecule has 114 valence electrons. The normalized spacial score (nSPS) is 20.6. The highest BCUT2D eigenvalue weighted by Gasteiger charge is 2.31. The predicted molar refractivity (Wildman–Crippen MR) is 71.4 cm³/mol. The second-order valence-corrected chi connectivity index (χ2v) is 4.94. The van der Waals surface area contributed by atoms with Gasteiger partial charge in [0.25, 0.3) is 0 Å². The molecule has 2 rings (SSSR count). The lowest BCUT2D eigenvalue weighted by atomic mass is 10.1. The fourth-order valence-electron chi connectivity index (χ4n) is 2.32. The molecule has 0 radical (unpaired) electrons. The van der Waals surface area contributed by atoms with Gasteiger partial charge in [-0.1, -0.05) is 0 Å². The molecule has 1 heterocycles. The molecule has 1 aromatic carbocycles. The summed E-state index contributed by atoms with van der Waals surface area (Å²) in [7, 11) is 0. The second kappa shape index (κ2) is 6.74. The highest BCUT2D eigenvalue weighted by molar-refractivity contribution is 5.85. The van der Waals surface area contributed by atoms with Crippen LogP contribution in [0, 0.1) is 5.82 Å². The number of nitrogens with zero attached hydrogens (tertiary/aromatic N) is 1. The highest BCUT2D eigenvalue weighted by Crippen LogP contribution is 2.30. The Labute approximate surface area is 121 Å². The van der Waals surface area contributed by atoms with E-state index < -0.39 is 17.6 Å². The second-order valence-electron chi connectivity index (χ2n) is 4.94. The van der Waals surface area contributed by atoms with Crippen LogP contribution in [0.4, 0.5) is 17.6 Å². The van der Waals surface area contributed by atoms with Crippen LogP contribution in [0.25, 0.3) is 0 Å². The van der Waals surface area contributed by atoms with E-state index >= 15 is 0 Å². The first kappa shape index (κ1) is 17.2. The third kappa shape index (κ3) is 4.61. The SMILES string of the molecule is C[C@@H]1CN(Cc2cc(F)cc(C(F)(F)F)c2)CCN1.Cl. The van der Waals surface area contributed by atoms with Crippen molar-refractivity contribution in [3.8, 4) is 0 Å². The fraction of sp³-hybridized carbons (Fsp3) is 0.538. The lowest BCUT2D eigenvalue weighted by molar-refractivity contribution is -0.137. The maximum Gasteiger partial charge on any atom is 0.416 e. The Bertz CT molecular complexity index is 450. The largest absolute Gasteiger partial charge is 0.416 e. The fourth-order valence-corrected chi connectivity index (χ4v) is 2.32. The van der Waals surface area contributed by atoms with Gasteiger partial charge >= 0.3 is 6.18 Å². The summed E-state index contributed by atoms with van der Waals surface area (Å²) in [5, 5.41) is 3.25. The summed E-state index contributed by atoms with van der Waals surface area (Å²) >= 11 is 0. The maximum atomic E-state index is 13.3. The van der Waals surface area contributed by atoms with E-state index in [1.54, 1.807) is 0 Å². The number of benzene rings is 1. The quantitative estimate of drug-likeness (QED) is 0.844. The molecule has 0 aliphatic carbocycles. The smallest absolute Gasteiger partial charge is 0.312 e. The van der Waals surface area contributed by atoms with Crippen LogP contribution in [-0.2, 0) is 12.7 Å². The summed E-state index contributed by atoms with van der Waals surface area (Å²) < 4.78 is 51.1. The van der Waals surface area contributed by atoms with E-state index in [-0.39, 0.29) is 12.4 Å². The van der Waals surface area contributed by atoms with Crippen LogP contribution in [0.2, 0.25) is 0 Å². The first-order valence-electron chi connectivity index (χ1n) is 6.17. The molecule has 20 heavy (non-hydrogen) atoms. The summed E-state index contributed by atoms with van der Waals surface area (Å²) in [6, 6.07) is 3.02. The van der Waals surface area contributed by atoms with Gasteiger partial charge in [0.05, 0.1) is 5.56 Å². The third-order valence-electron chi connectivity index (χ3n) is 3.14. The van der Waals surface area contributed by atoms with Crippen molar-refractivity contribution in [3.05, 3.63) is 35.1 Å². The van der Waals surface area contributed by atoms with Crippen molar-refractivity contribution in [2.75, 3.05) is 19.6 Å². The van der Waals surface area contributed by atoms with Gasteiger partial charge in [-0.2, -0.15) is 13.2 Å². The van der Waals surface area contributed by atoms with Crippen molar-refractivity contribution in [2.24, 2.45) is 0 Å². The molecule has 1 N–H and O–H groups in total. The minimum absolute atomic E-state index is 0. The number of halogens is 5. The summed E-state index contributed by atoms with van der Waals surface area (Å²) in [4.78, 5) is 2.02. The molecule has 0 spiro atoms. The third-order valence-corrected chi connectivity index (χ3v) is 3.14. The minimum Gasteiger partial charge on any atom is -0.312 e. The average molecular weight is 313 g/mol. The van der Waals surface area contributed by atoms with E-state index in [2.05, 4.69) is 5.32 Å². The van der Waals surface area contributed by atoms with Crippen molar-refractivity contribution in [1.82, 2.24) is 10.2 Å². The van der Waals surface area contributed by atoms with Crippen LogP contribution in [0.3, 0.4) is 0 Å². The molecule has 0 aromatic heterocycles. The van der Waals surface area contributed by atoms with Crippen molar-refractivity contribution >= 4 is 12.4 Å². The minimum atomic E-state index is -4.51. The molecule has 1 saturated heterocycles. The molecular formula is C13H17ClF4N2. The molecular weight excluding hydrogens is 296 g/mol. The van der Waals surface area contributed by atoms with Crippen molar-refractivity contribution in [2.45, 2.75) is 25.7 Å². The Morgan fingerprint density at radius 1 is 1.30 bits per heavy atom. The summed E-state index contributed by atoms with van der Waals surface area (Å²) in [5.41, 5.74) is -0.563. The van der Waals surface area contributed by atoms with Gasteiger partial charge in [0.1, 0.15) is 5.82 Å². The number of piperazine rings is 1. The van der Waals surface area contributed by atoms with Gasteiger partial charge in [-0.05, 0) is 30.7 Å². The first-order valence-corrected chi connectivity index (χ1v) is 6.17. The molecule has 1 aliphatic rings. The van der Waals surface area contributed by atoms with Gasteiger partial charge in [-0.25, -0.2) is 4.39 Å². The van der Waals surface area contributed by atoms with Crippen molar-refractivity contribution in [3.63, 3.8) is 0 Å². The van der Waals surface area contributed by atoms with Crippen molar-refractivity contribution in [1.29, 1.82) is 0 Å². The number of alkyl halides is 3. The van der Waals surface area contributed by atoms with Crippen LogP contribution >= 0.6 is 12.4 Å². The number of hydrogen-bond acceptors (Lipinski definition) is 2. The Kier molecular flexibility index (Phi) is 5.79. The maximum absolute atomic E-state index is 13.3. The monoisotopic (exact) mass is 312 g/mol. The average Bonchev–Trinajstić information content (AvgIpc) is 2.26. The molecule has 0 bridgehead atoms. The predicted octanol–water partition coefficient (Wildman–Crippen LogP) is 3.06. The molecule has 1 atom stereocenters. The van der Waals surface area contributed by atoms with Gasteiger partial charge in [0.2, 0.25) is 0 Å². The lowest BCUT2D eigenvalue weighted by Gasteiger charge is -2.31. The van der Waals surface area contributed by atoms with E-state index in [4.69, 9.17) is 0 Å². The van der Waals surface area contributed by atoms with Crippen LogP contribution < -0.4 is 5.32 Å². The zero-order valence-corrected chi connectivity index (χ0v) is 11.8. The highest BCUT2D eigenvalue weighted by atomic mass is 35.5. The van der Waals surface area contributed by atoms with Gasteiger partial charge in [-0.15, -0.1) is 12.4 Å². The lowest BCUT2D eigenvalue weighted by Crippen LogP contribution is -2.48. The van der Waals surface area contributed by atoms with E-state index in [1.807, 2.05) is 11.8 Å². The molecule has 0 amide bonds. The summed E-state index contributed by atoms with van der Waals surface area (Å²) in [6.45, 7) is 4.65. The standard InChI is InChI=1S/C13H16F4N2.ClH/c1-9-7-19(3-2-18-9)8-10-4-11(13(15,16)17)6-12(14)5-10;/h4-6,9,18H,2-3,7-8H2,1H3;1H/t9-;/m1./s1. The molecule has 0 saturated carbocycles. The molecule has 2 nitrogen and oxygen atoms in total. The van der Waals surface area contributed by atoms with Gasteiger partial charge < -0.3 is 5.32 Å². The molecule has 0 unspecified atom stereocenters. The number of rotatable bonds is 2. The van der Waals surface area contributed by atoms with E-state index in [9.17, 15) is 17.6 Å².